The van der Waals surface area contributed by atoms with Gasteiger partial charge >= 0.3 is 5.97 Å². The minimum atomic E-state index is -0.286. The van der Waals surface area contributed by atoms with E-state index in [1.165, 1.54) is 38.4 Å². The van der Waals surface area contributed by atoms with E-state index in [-0.39, 0.29) is 46.9 Å². The number of benzene rings is 1. The largest absolute Gasteiger partial charge is 1.00 e. The highest BCUT2D eigenvalue weighted by Gasteiger charge is 2.60. The first-order valence-electron chi connectivity index (χ1n) is 16.3. The Hall–Kier alpha value is -1.87. The molecule has 7 heteroatoms. The summed E-state index contributed by atoms with van der Waals surface area (Å²) in [5, 5.41) is 0. The fourth-order valence-corrected chi connectivity index (χ4v) is 9.56. The van der Waals surface area contributed by atoms with Gasteiger partial charge in [0, 0.05) is 31.6 Å². The van der Waals surface area contributed by atoms with Crippen molar-refractivity contribution in [1.29, 1.82) is 0 Å². The third-order valence-electron chi connectivity index (χ3n) is 12.1. The molecule has 0 amide bonds. The van der Waals surface area contributed by atoms with Crippen LogP contribution in [0.15, 0.2) is 35.4 Å². The highest BCUT2D eigenvalue weighted by Crippen LogP contribution is 2.65. The van der Waals surface area contributed by atoms with Gasteiger partial charge in [0.15, 0.2) is 17.3 Å². The zero-order valence-electron chi connectivity index (χ0n) is 26.8. The molecule has 4 fully saturated rings. The Bertz CT molecular complexity index is 1300. The van der Waals surface area contributed by atoms with E-state index in [0.717, 1.165) is 78.6 Å². The van der Waals surface area contributed by atoms with E-state index in [0.29, 0.717) is 30.1 Å². The molecule has 0 radical (unpaired) electrons. The van der Waals surface area contributed by atoms with Crippen molar-refractivity contribution in [3.05, 3.63) is 41.0 Å². The summed E-state index contributed by atoms with van der Waals surface area (Å²) in [6.07, 6.45) is 14.0. The van der Waals surface area contributed by atoms with Crippen molar-refractivity contribution in [3.63, 3.8) is 0 Å². The fraction of sp³-hybridized carbons (Fsp3) is 0.667. The molecule has 5 aliphatic rings. The van der Waals surface area contributed by atoms with Crippen LogP contribution in [-0.2, 0) is 14.3 Å². The number of halogens is 1. The van der Waals surface area contributed by atoms with Gasteiger partial charge in [-0.25, -0.2) is 0 Å². The van der Waals surface area contributed by atoms with Crippen LogP contribution in [-0.4, -0.2) is 62.7 Å². The van der Waals surface area contributed by atoms with Crippen LogP contribution in [0.1, 0.15) is 84.1 Å². The fourth-order valence-electron chi connectivity index (χ4n) is 9.56. The van der Waals surface area contributed by atoms with Crippen LogP contribution in [0.4, 0.5) is 0 Å². The molecule has 3 saturated carbocycles. The Morgan fingerprint density at radius 3 is 2.51 bits per heavy atom. The number of methoxy groups -OCH3 is 1. The summed E-state index contributed by atoms with van der Waals surface area (Å²) in [5.41, 5.74) is 3.31. The highest BCUT2D eigenvalue weighted by molar-refractivity contribution is 6.06. The molecular formula is C36H50INO5. The van der Waals surface area contributed by atoms with Crippen molar-refractivity contribution >= 4 is 17.8 Å². The van der Waals surface area contributed by atoms with E-state index in [1.807, 2.05) is 12.1 Å². The number of carbonyl (C=O) groups is 2. The maximum atomic E-state index is 14.0. The van der Waals surface area contributed by atoms with Crippen LogP contribution in [0.2, 0.25) is 0 Å². The second kappa shape index (κ2) is 12.5. The Morgan fingerprint density at radius 1 is 1.05 bits per heavy atom. The van der Waals surface area contributed by atoms with Gasteiger partial charge in [-0.2, -0.15) is 0 Å². The maximum absolute atomic E-state index is 14.0. The molecule has 0 N–H and O–H groups in total. The minimum Gasteiger partial charge on any atom is -1.00 e. The molecule has 6 atom stereocenters. The van der Waals surface area contributed by atoms with E-state index in [9.17, 15) is 9.59 Å². The van der Waals surface area contributed by atoms with Gasteiger partial charge in [0.2, 0.25) is 0 Å². The van der Waals surface area contributed by atoms with Crippen molar-refractivity contribution in [2.45, 2.75) is 84.7 Å². The first-order valence-corrected chi connectivity index (χ1v) is 16.3. The molecule has 6 nitrogen and oxygen atoms in total. The molecule has 4 aliphatic carbocycles. The van der Waals surface area contributed by atoms with Crippen molar-refractivity contribution < 1.29 is 52.3 Å². The van der Waals surface area contributed by atoms with Gasteiger partial charge in [0.25, 0.3) is 0 Å². The lowest BCUT2D eigenvalue weighted by molar-refractivity contribution is -0.897. The zero-order chi connectivity index (χ0) is 29.7. The molecular weight excluding hydrogens is 653 g/mol. The lowest BCUT2D eigenvalue weighted by atomic mass is 9.48. The van der Waals surface area contributed by atoms with Crippen molar-refractivity contribution in [1.82, 2.24) is 0 Å². The quantitative estimate of drug-likeness (QED) is 0.142. The van der Waals surface area contributed by atoms with Crippen LogP contribution < -0.4 is 33.5 Å². The summed E-state index contributed by atoms with van der Waals surface area (Å²) in [6.45, 7) is 10.3. The molecule has 1 saturated heterocycles. The first-order chi connectivity index (χ1) is 20.0. The van der Waals surface area contributed by atoms with Crippen molar-refractivity contribution in [2.24, 2.45) is 28.6 Å². The van der Waals surface area contributed by atoms with Gasteiger partial charge in [-0.15, -0.1) is 0 Å². The third kappa shape index (κ3) is 6.06. The molecule has 43 heavy (non-hydrogen) atoms. The summed E-state index contributed by atoms with van der Waals surface area (Å²) in [6, 6.07) is 6.09. The molecule has 0 spiro atoms. The van der Waals surface area contributed by atoms with Crippen LogP contribution in [0.3, 0.4) is 0 Å². The number of hydrogen-bond donors (Lipinski definition) is 0. The summed E-state index contributed by atoms with van der Waals surface area (Å²) in [7, 11) is 4.01. The molecule has 0 aromatic heterocycles. The summed E-state index contributed by atoms with van der Waals surface area (Å²) < 4.78 is 18.6. The molecule has 1 heterocycles. The normalized spacial score (nSPS) is 35.2. The lowest BCUT2D eigenvalue weighted by Gasteiger charge is -2.56. The number of esters is 1. The summed E-state index contributed by atoms with van der Waals surface area (Å²) >= 11 is 0. The molecule has 0 bridgehead atoms. The van der Waals surface area contributed by atoms with E-state index in [1.54, 1.807) is 7.11 Å². The smallest absolute Gasteiger partial charge is 0.302 e. The van der Waals surface area contributed by atoms with Gasteiger partial charge in [0.05, 0.1) is 27.2 Å². The predicted octanol–water partition coefficient (Wildman–Crippen LogP) is 3.78. The number of likely N-dealkylation sites (N-methyl/N-ethyl adjacent to an activating group) is 1. The molecule has 0 unspecified atom stereocenters. The van der Waals surface area contributed by atoms with Gasteiger partial charge in [-0.3, -0.25) is 9.59 Å². The number of Topliss-reactive ketones (excluding diaryl/α,β-unsaturated/α-hetero) is 1. The second-order valence-corrected chi connectivity index (χ2v) is 14.6. The van der Waals surface area contributed by atoms with Crippen molar-refractivity contribution in [2.75, 3.05) is 40.4 Å². The van der Waals surface area contributed by atoms with Crippen LogP contribution in [0.25, 0.3) is 6.08 Å². The number of nitrogens with zero attached hydrogens (tertiary/aromatic N) is 1. The highest BCUT2D eigenvalue weighted by atomic mass is 127. The zero-order valence-corrected chi connectivity index (χ0v) is 28.9. The average Bonchev–Trinajstić information content (AvgIpc) is 3.50. The Balaban J connectivity index is 0.00000368. The second-order valence-electron chi connectivity index (χ2n) is 14.6. The number of quaternary nitrogens is 1. The molecule has 1 aliphatic heterocycles. The molecule has 1 aromatic rings. The van der Waals surface area contributed by atoms with E-state index in [2.05, 4.69) is 39.1 Å². The standard InChI is InChI=1S/C36H50NO5.HI/c1-24(38)42-28-12-14-35(2)27(23-28)9-10-29-30(35)13-15-36(3)31(29)22-26(34(36)39)20-25-8-11-32(33(21-25)40-5)41-19-18-37(4)16-6-7-17-37;/h8-9,11,20-21,28-31H,6-7,10,12-19,22-23H2,1-5H3;1H/q+1;/p-1/b26-20+;/t28-,29+,30-,31-,35-,36-;/m0./s1. The van der Waals surface area contributed by atoms with Crippen LogP contribution in [0.5, 0.6) is 11.5 Å². The number of ether oxygens (including phenoxy) is 3. The first kappa shape index (κ1) is 32.5. The lowest BCUT2D eigenvalue weighted by Crippen LogP contribution is -3.00. The SMILES string of the molecule is COc1cc(/C=C2\C[C@H]3[C@@H]4CC=C5C[C@@H](OC(C)=O)CC[C@]5(C)[C@H]4CC[C@]3(C)C2=O)ccc1OCC[N+]1(C)CCCC1.[I-]. The van der Waals surface area contributed by atoms with Crippen molar-refractivity contribution in [3.8, 4) is 11.5 Å². The number of hydrogen-bond acceptors (Lipinski definition) is 5. The van der Waals surface area contributed by atoms with Crippen LogP contribution in [0, 0.1) is 28.6 Å². The topological polar surface area (TPSA) is 61.8 Å². The van der Waals surface area contributed by atoms with E-state index >= 15 is 0 Å². The number of fused-ring (bicyclic) bond motifs is 5. The van der Waals surface area contributed by atoms with Gasteiger partial charge in [0.1, 0.15) is 19.3 Å². The number of rotatable bonds is 7. The number of ketones is 1. The molecule has 6 rings (SSSR count). The minimum absolute atomic E-state index is 0. The average molecular weight is 704 g/mol. The summed E-state index contributed by atoms with van der Waals surface area (Å²) in [5.74, 6) is 3.13. The maximum Gasteiger partial charge on any atom is 0.302 e. The monoisotopic (exact) mass is 703 g/mol. The number of allylic oxidation sites excluding steroid dienone is 2. The molecule has 236 valence electrons. The number of carbonyl (C=O) groups excluding carboxylic acids is 2. The van der Waals surface area contributed by atoms with Crippen LogP contribution >= 0.6 is 0 Å². The van der Waals surface area contributed by atoms with Gasteiger partial charge in [-0.05, 0) is 91.0 Å². The summed E-state index contributed by atoms with van der Waals surface area (Å²) in [4.78, 5) is 25.6. The number of likely N-dealkylation sites (tertiary alicyclic amines) is 1. The third-order valence-corrected chi connectivity index (χ3v) is 12.1. The Labute approximate surface area is 275 Å². The predicted molar refractivity (Wildman–Crippen MR) is 164 cm³/mol. The molecule has 1 aromatic carbocycles. The van der Waals surface area contributed by atoms with Gasteiger partial charge < -0.3 is 42.7 Å². The van der Waals surface area contributed by atoms with E-state index in [4.69, 9.17) is 14.2 Å². The van der Waals surface area contributed by atoms with E-state index < -0.39 is 0 Å². The van der Waals surface area contributed by atoms with Gasteiger partial charge in [-0.1, -0.05) is 31.6 Å². The Morgan fingerprint density at radius 2 is 1.79 bits per heavy atom. The Kier molecular flexibility index (Phi) is 9.45.